The Morgan fingerprint density at radius 3 is 2.97 bits per heavy atom. The van der Waals surface area contributed by atoms with Gasteiger partial charge in [-0.15, -0.1) is 21.5 Å². The summed E-state index contributed by atoms with van der Waals surface area (Å²) in [5, 5.41) is 8.20. The molecule has 1 aliphatic carbocycles. The van der Waals surface area contributed by atoms with E-state index < -0.39 is 16.6 Å². The second-order valence-electron chi connectivity index (χ2n) is 7.34. The van der Waals surface area contributed by atoms with E-state index >= 15 is 0 Å². The molecule has 29 heavy (non-hydrogen) atoms. The first-order valence-electron chi connectivity index (χ1n) is 9.05. The van der Waals surface area contributed by atoms with E-state index in [1.165, 1.54) is 17.7 Å². The third-order valence-corrected chi connectivity index (χ3v) is 7.23. The topological polar surface area (TPSA) is 117 Å². The van der Waals surface area contributed by atoms with Crippen LogP contribution in [-0.4, -0.2) is 30.5 Å². The summed E-state index contributed by atoms with van der Waals surface area (Å²) in [6.07, 6.45) is 8.17. The number of aromatic nitrogens is 2. The second-order valence-corrected chi connectivity index (χ2v) is 9.70. The fraction of sp³-hybridized carbons (Fsp3) is 0.421. The summed E-state index contributed by atoms with van der Waals surface area (Å²) >= 11 is 5.64. The fourth-order valence-electron chi connectivity index (χ4n) is 3.03. The quantitative estimate of drug-likeness (QED) is 0.384. The van der Waals surface area contributed by atoms with E-state index in [1.807, 2.05) is 38.1 Å². The molecule has 2 N–H and O–H groups in total. The van der Waals surface area contributed by atoms with Crippen molar-refractivity contribution in [1.29, 1.82) is 0 Å². The number of halogens is 1. The Morgan fingerprint density at radius 1 is 1.59 bits per heavy atom. The van der Waals surface area contributed by atoms with Crippen molar-refractivity contribution in [3.63, 3.8) is 0 Å². The van der Waals surface area contributed by atoms with Gasteiger partial charge in [0.1, 0.15) is 5.54 Å². The van der Waals surface area contributed by atoms with Crippen LogP contribution >= 0.6 is 22.9 Å². The summed E-state index contributed by atoms with van der Waals surface area (Å²) in [5.41, 5.74) is 5.95. The first kappa shape index (κ1) is 21.9. The predicted molar refractivity (Wildman–Crippen MR) is 116 cm³/mol. The summed E-state index contributed by atoms with van der Waals surface area (Å²) in [4.78, 5) is 6.12. The fourth-order valence-corrected chi connectivity index (χ4v) is 5.43. The van der Waals surface area contributed by atoms with Crippen LogP contribution in [-0.2, 0) is 16.6 Å². The maximum Gasteiger partial charge on any atom is 0.223 e. The van der Waals surface area contributed by atoms with Gasteiger partial charge in [-0.1, -0.05) is 54.8 Å². The molecule has 0 amide bonds. The van der Waals surface area contributed by atoms with Crippen LogP contribution in [0.15, 0.2) is 40.1 Å². The lowest BCUT2D eigenvalue weighted by Gasteiger charge is -2.27. The SMILES string of the molecule is CC(C)C(N)=N[C@@](C)(CS(=O)[O-])c1sc(C2=CC(c3nnco3)CC=C2)cc1Cl. The molecule has 2 aromatic heterocycles. The minimum atomic E-state index is -2.32. The molecule has 3 atom stereocenters. The van der Waals surface area contributed by atoms with Gasteiger partial charge < -0.3 is 14.7 Å². The van der Waals surface area contributed by atoms with Crippen LogP contribution in [0.25, 0.3) is 5.57 Å². The predicted octanol–water partition coefficient (Wildman–Crippen LogP) is 4.02. The molecule has 10 heteroatoms. The largest absolute Gasteiger partial charge is 0.772 e. The van der Waals surface area contributed by atoms with Crippen molar-refractivity contribution in [1.82, 2.24) is 10.2 Å². The van der Waals surface area contributed by atoms with Crippen molar-refractivity contribution in [3.05, 3.63) is 51.4 Å². The zero-order valence-corrected chi connectivity index (χ0v) is 18.7. The van der Waals surface area contributed by atoms with Gasteiger partial charge in [-0.05, 0) is 25.0 Å². The van der Waals surface area contributed by atoms with Crippen LogP contribution in [0.1, 0.15) is 48.8 Å². The van der Waals surface area contributed by atoms with Crippen LogP contribution in [0.5, 0.6) is 0 Å². The number of aliphatic imine (C=N–C) groups is 1. The number of thiophene rings is 1. The molecule has 2 heterocycles. The normalized spacial score (nSPS) is 20.6. The number of rotatable bonds is 7. The third-order valence-electron chi connectivity index (χ3n) is 4.59. The number of nitrogens with zero attached hydrogens (tertiary/aromatic N) is 3. The molecule has 0 saturated heterocycles. The Kier molecular flexibility index (Phi) is 6.72. The van der Waals surface area contributed by atoms with Crippen molar-refractivity contribution in [2.45, 2.75) is 38.6 Å². The van der Waals surface area contributed by atoms with Gasteiger partial charge in [0.2, 0.25) is 12.3 Å². The van der Waals surface area contributed by atoms with Crippen molar-refractivity contribution in [3.8, 4) is 0 Å². The second kappa shape index (κ2) is 8.91. The minimum Gasteiger partial charge on any atom is -0.772 e. The smallest absolute Gasteiger partial charge is 0.223 e. The molecule has 0 radical (unpaired) electrons. The minimum absolute atomic E-state index is 0.00762. The molecule has 0 aliphatic heterocycles. The molecule has 0 aromatic carbocycles. The lowest BCUT2D eigenvalue weighted by Crippen LogP contribution is -2.31. The lowest BCUT2D eigenvalue weighted by atomic mass is 9.95. The summed E-state index contributed by atoms with van der Waals surface area (Å²) < 4.78 is 28.4. The zero-order valence-electron chi connectivity index (χ0n) is 16.3. The Balaban J connectivity index is 2.00. The average Bonchev–Trinajstić information content (AvgIpc) is 3.31. The van der Waals surface area contributed by atoms with Crippen molar-refractivity contribution >= 4 is 45.4 Å². The van der Waals surface area contributed by atoms with Gasteiger partial charge in [-0.25, -0.2) is 0 Å². The highest BCUT2D eigenvalue weighted by atomic mass is 35.5. The molecule has 1 aliphatic rings. The summed E-state index contributed by atoms with van der Waals surface area (Å²) in [6.45, 7) is 5.56. The van der Waals surface area contributed by atoms with Gasteiger partial charge in [0.15, 0.2) is 0 Å². The Hall–Kier alpha value is -1.81. The van der Waals surface area contributed by atoms with Gasteiger partial charge in [0.25, 0.3) is 0 Å². The van der Waals surface area contributed by atoms with E-state index in [0.29, 0.717) is 21.6 Å². The first-order chi connectivity index (χ1) is 13.7. The van der Waals surface area contributed by atoms with Crippen LogP contribution in [0.3, 0.4) is 0 Å². The van der Waals surface area contributed by atoms with E-state index in [-0.39, 0.29) is 17.6 Å². The zero-order chi connectivity index (χ0) is 21.2. The van der Waals surface area contributed by atoms with E-state index in [0.717, 1.165) is 16.9 Å². The molecule has 156 valence electrons. The molecule has 0 bridgehead atoms. The molecule has 7 nitrogen and oxygen atoms in total. The van der Waals surface area contributed by atoms with E-state index in [2.05, 4.69) is 15.2 Å². The molecular weight excluding hydrogens is 432 g/mol. The Labute approximate surface area is 181 Å². The molecule has 2 unspecified atom stereocenters. The van der Waals surface area contributed by atoms with Crippen molar-refractivity contribution in [2.75, 3.05) is 5.75 Å². The monoisotopic (exact) mass is 453 g/mol. The Bertz CT molecular complexity index is 982. The Morgan fingerprint density at radius 2 is 2.34 bits per heavy atom. The number of nitrogens with two attached hydrogens (primary N) is 1. The lowest BCUT2D eigenvalue weighted by molar-refractivity contribution is 0.473. The first-order valence-corrected chi connectivity index (χ1v) is 11.5. The summed E-state index contributed by atoms with van der Waals surface area (Å²) in [7, 11) is 0. The molecule has 2 aromatic rings. The number of amidine groups is 1. The van der Waals surface area contributed by atoms with E-state index in [9.17, 15) is 8.76 Å². The highest BCUT2D eigenvalue weighted by molar-refractivity contribution is 7.79. The maximum absolute atomic E-state index is 11.5. The highest BCUT2D eigenvalue weighted by Gasteiger charge is 2.32. The van der Waals surface area contributed by atoms with E-state index in [1.54, 1.807) is 6.92 Å². The van der Waals surface area contributed by atoms with Crippen molar-refractivity contribution < 1.29 is 13.2 Å². The van der Waals surface area contributed by atoms with Gasteiger partial charge in [-0.3, -0.25) is 9.20 Å². The van der Waals surface area contributed by atoms with Gasteiger partial charge in [0, 0.05) is 16.5 Å². The number of hydrogen-bond acceptors (Lipinski definition) is 7. The molecule has 3 rings (SSSR count). The molecule has 0 saturated carbocycles. The standard InChI is InChI=1S/C19H23ClN4O3S2/c1-11(2)17(21)23-19(3,9-29(25)26)16-14(20)8-15(28-16)12-5-4-6-13(7-12)18-24-22-10-27-18/h4-5,7-8,10-11,13H,6,9H2,1-3H3,(H2,21,23)(H,25,26)/p-1/t13?,19-/m0/s1. The third kappa shape index (κ3) is 5.03. The van der Waals surface area contributed by atoms with Crippen molar-refractivity contribution in [2.24, 2.45) is 16.6 Å². The molecular formula is C19H22ClN4O3S2-. The van der Waals surface area contributed by atoms with Crippen LogP contribution in [0.4, 0.5) is 0 Å². The van der Waals surface area contributed by atoms with Gasteiger partial charge >= 0.3 is 0 Å². The summed E-state index contributed by atoms with van der Waals surface area (Å²) in [6, 6.07) is 1.83. The van der Waals surface area contributed by atoms with Gasteiger partial charge in [0.05, 0.1) is 21.7 Å². The summed E-state index contributed by atoms with van der Waals surface area (Å²) in [5.74, 6) is 0.705. The van der Waals surface area contributed by atoms with Crippen LogP contribution in [0.2, 0.25) is 5.02 Å². The molecule has 0 spiro atoms. The van der Waals surface area contributed by atoms with Crippen LogP contribution < -0.4 is 5.73 Å². The highest BCUT2D eigenvalue weighted by Crippen LogP contribution is 2.43. The maximum atomic E-state index is 11.5. The average molecular weight is 454 g/mol. The van der Waals surface area contributed by atoms with Gasteiger partial charge in [-0.2, -0.15) is 0 Å². The molecule has 0 fully saturated rings. The van der Waals surface area contributed by atoms with Crippen LogP contribution in [0, 0.1) is 5.92 Å². The van der Waals surface area contributed by atoms with E-state index in [4.69, 9.17) is 21.8 Å². The number of hydrogen-bond donors (Lipinski definition) is 1. The number of allylic oxidation sites excluding steroid dienone is 4.